The molecule has 0 radical (unpaired) electrons. The molecule has 7 atom stereocenters. The number of carbonyl (C=O) groups excluding carboxylic acids is 1. The molecule has 6 heteroatoms. The van der Waals surface area contributed by atoms with Crippen molar-refractivity contribution in [3.63, 3.8) is 0 Å². The van der Waals surface area contributed by atoms with Crippen molar-refractivity contribution in [3.05, 3.63) is 35.9 Å². The standard InChI is InChI=1S/C28H40O6/c29-26-18-23-22(24(19-25(23)33-26)34-28-11-5-7-17-31-28)15-14-21(32-27-10-4-6-16-30-27)13-12-20-8-2-1-3-9-20/h1-3,8-9,21-25,27-28H,4-7,10-19H2/t21-,22+,23+,24+,25-,27?,28?/m0/s1. The van der Waals surface area contributed by atoms with Crippen LogP contribution in [0.25, 0.3) is 0 Å². The van der Waals surface area contributed by atoms with Gasteiger partial charge in [0.25, 0.3) is 0 Å². The quantitative estimate of drug-likeness (QED) is 0.438. The van der Waals surface area contributed by atoms with Crippen molar-refractivity contribution in [2.24, 2.45) is 11.8 Å². The highest BCUT2D eigenvalue weighted by Crippen LogP contribution is 2.46. The number of ether oxygens (including phenoxy) is 5. The molecule has 4 aliphatic rings. The summed E-state index contributed by atoms with van der Waals surface area (Å²) in [6.45, 7) is 1.57. The third kappa shape index (κ3) is 6.39. The van der Waals surface area contributed by atoms with Gasteiger partial charge in [-0.05, 0) is 75.7 Å². The van der Waals surface area contributed by atoms with Gasteiger partial charge < -0.3 is 23.7 Å². The highest BCUT2D eigenvalue weighted by atomic mass is 16.7. The summed E-state index contributed by atoms with van der Waals surface area (Å²) in [5, 5.41) is 0. The second-order valence-electron chi connectivity index (χ2n) is 10.4. The van der Waals surface area contributed by atoms with E-state index in [0.717, 1.165) is 77.4 Å². The summed E-state index contributed by atoms with van der Waals surface area (Å²) in [6, 6.07) is 10.6. The van der Waals surface area contributed by atoms with Crippen LogP contribution in [0, 0.1) is 11.8 Å². The minimum Gasteiger partial charge on any atom is -0.462 e. The zero-order valence-electron chi connectivity index (χ0n) is 20.3. The molecule has 5 rings (SSSR count). The summed E-state index contributed by atoms with van der Waals surface area (Å²) >= 11 is 0. The van der Waals surface area contributed by atoms with Crippen molar-refractivity contribution in [1.82, 2.24) is 0 Å². The molecule has 2 unspecified atom stereocenters. The third-order valence-corrected chi connectivity index (χ3v) is 8.02. The smallest absolute Gasteiger partial charge is 0.306 e. The van der Waals surface area contributed by atoms with Crippen LogP contribution in [0.1, 0.15) is 76.2 Å². The Kier molecular flexibility index (Phi) is 8.54. The van der Waals surface area contributed by atoms with E-state index in [2.05, 4.69) is 30.3 Å². The number of esters is 1. The lowest BCUT2D eigenvalue weighted by atomic mass is 9.86. The van der Waals surface area contributed by atoms with Gasteiger partial charge in [0.1, 0.15) is 6.10 Å². The van der Waals surface area contributed by atoms with Crippen LogP contribution in [0.4, 0.5) is 0 Å². The lowest BCUT2D eigenvalue weighted by Gasteiger charge is -2.32. The Hall–Kier alpha value is -1.47. The predicted octanol–water partition coefficient (Wildman–Crippen LogP) is 5.17. The van der Waals surface area contributed by atoms with Crippen molar-refractivity contribution in [2.45, 2.75) is 108 Å². The molecular formula is C28H40O6. The summed E-state index contributed by atoms with van der Waals surface area (Å²) in [5.74, 6) is 0.499. The van der Waals surface area contributed by atoms with Crippen molar-refractivity contribution in [3.8, 4) is 0 Å². The molecule has 3 saturated heterocycles. The van der Waals surface area contributed by atoms with Gasteiger partial charge in [-0.25, -0.2) is 0 Å². The summed E-state index contributed by atoms with van der Waals surface area (Å²) in [6.07, 6.45) is 11.7. The number of benzene rings is 1. The van der Waals surface area contributed by atoms with E-state index in [1.54, 1.807) is 0 Å². The first kappa shape index (κ1) is 24.2. The average Bonchev–Trinajstić information content (AvgIpc) is 3.38. The first-order chi connectivity index (χ1) is 16.7. The van der Waals surface area contributed by atoms with Crippen molar-refractivity contribution < 1.29 is 28.5 Å². The van der Waals surface area contributed by atoms with E-state index in [4.69, 9.17) is 23.7 Å². The molecule has 0 aromatic heterocycles. The Morgan fingerprint density at radius 2 is 1.71 bits per heavy atom. The van der Waals surface area contributed by atoms with Gasteiger partial charge in [0, 0.05) is 25.6 Å². The summed E-state index contributed by atoms with van der Waals surface area (Å²) in [4.78, 5) is 12.0. The van der Waals surface area contributed by atoms with E-state index >= 15 is 0 Å². The van der Waals surface area contributed by atoms with E-state index in [-0.39, 0.29) is 42.8 Å². The van der Waals surface area contributed by atoms with Gasteiger partial charge in [-0.3, -0.25) is 4.79 Å². The molecule has 3 heterocycles. The molecule has 0 N–H and O–H groups in total. The topological polar surface area (TPSA) is 63.2 Å². The van der Waals surface area contributed by atoms with Crippen LogP contribution in [0.15, 0.2) is 30.3 Å². The fourth-order valence-electron chi connectivity index (χ4n) is 6.19. The number of carbonyl (C=O) groups is 1. The van der Waals surface area contributed by atoms with Gasteiger partial charge in [-0.15, -0.1) is 0 Å². The zero-order chi connectivity index (χ0) is 23.2. The van der Waals surface area contributed by atoms with Crippen LogP contribution >= 0.6 is 0 Å². The van der Waals surface area contributed by atoms with Gasteiger partial charge in [-0.1, -0.05) is 30.3 Å². The second kappa shape index (κ2) is 12.0. The lowest BCUT2D eigenvalue weighted by molar-refractivity contribution is -0.201. The molecule has 0 amide bonds. The number of hydrogen-bond acceptors (Lipinski definition) is 6. The van der Waals surface area contributed by atoms with Crippen LogP contribution in [0.3, 0.4) is 0 Å². The van der Waals surface area contributed by atoms with E-state index < -0.39 is 0 Å². The minimum absolute atomic E-state index is 0.00328. The van der Waals surface area contributed by atoms with Gasteiger partial charge in [0.05, 0.1) is 18.6 Å². The van der Waals surface area contributed by atoms with Gasteiger partial charge in [-0.2, -0.15) is 0 Å². The lowest BCUT2D eigenvalue weighted by Crippen LogP contribution is -2.33. The maximum Gasteiger partial charge on any atom is 0.306 e. The minimum atomic E-state index is -0.114. The van der Waals surface area contributed by atoms with Crippen LogP contribution in [0.5, 0.6) is 0 Å². The van der Waals surface area contributed by atoms with Crippen LogP contribution in [-0.4, -0.2) is 50.1 Å². The SMILES string of the molecule is O=C1C[C@@H]2[C@@H](CC[C@H](CCc3ccccc3)OC3CCCCO3)[C@H](OC3CCCCO3)C[C@@H]2O1. The second-order valence-corrected chi connectivity index (χ2v) is 10.4. The van der Waals surface area contributed by atoms with E-state index in [1.165, 1.54) is 12.0 Å². The highest BCUT2D eigenvalue weighted by molar-refractivity contribution is 5.72. The van der Waals surface area contributed by atoms with Crippen LogP contribution in [-0.2, 0) is 34.9 Å². The van der Waals surface area contributed by atoms with Crippen LogP contribution < -0.4 is 0 Å². The van der Waals surface area contributed by atoms with Crippen molar-refractivity contribution in [2.75, 3.05) is 13.2 Å². The van der Waals surface area contributed by atoms with Gasteiger partial charge >= 0.3 is 5.97 Å². The van der Waals surface area contributed by atoms with E-state index in [0.29, 0.717) is 12.3 Å². The fourth-order valence-corrected chi connectivity index (χ4v) is 6.19. The molecule has 6 nitrogen and oxygen atoms in total. The number of hydrogen-bond donors (Lipinski definition) is 0. The molecule has 188 valence electrons. The normalized spacial score (nSPS) is 34.5. The maximum absolute atomic E-state index is 12.0. The number of aryl methyl sites for hydroxylation is 1. The molecule has 0 bridgehead atoms. The first-order valence-electron chi connectivity index (χ1n) is 13.5. The van der Waals surface area contributed by atoms with Gasteiger partial charge in [0.15, 0.2) is 12.6 Å². The Morgan fingerprint density at radius 3 is 2.44 bits per heavy atom. The highest BCUT2D eigenvalue weighted by Gasteiger charge is 2.51. The van der Waals surface area contributed by atoms with Crippen molar-refractivity contribution in [1.29, 1.82) is 0 Å². The Labute approximate surface area is 203 Å². The summed E-state index contributed by atoms with van der Waals surface area (Å²) < 4.78 is 30.4. The van der Waals surface area contributed by atoms with Gasteiger partial charge in [0.2, 0.25) is 0 Å². The maximum atomic E-state index is 12.0. The summed E-state index contributed by atoms with van der Waals surface area (Å²) in [5.41, 5.74) is 1.34. The first-order valence-corrected chi connectivity index (χ1v) is 13.5. The van der Waals surface area contributed by atoms with Crippen LogP contribution in [0.2, 0.25) is 0 Å². The Morgan fingerprint density at radius 1 is 0.941 bits per heavy atom. The molecule has 1 saturated carbocycles. The molecule has 1 aromatic carbocycles. The molecule has 1 aromatic rings. The Bertz CT molecular complexity index is 757. The number of rotatable bonds is 10. The Balaban J connectivity index is 1.22. The largest absolute Gasteiger partial charge is 0.462 e. The number of fused-ring (bicyclic) bond motifs is 1. The van der Waals surface area contributed by atoms with E-state index in [1.807, 2.05) is 0 Å². The fraction of sp³-hybridized carbons (Fsp3) is 0.750. The molecule has 1 aliphatic carbocycles. The van der Waals surface area contributed by atoms with E-state index in [9.17, 15) is 4.79 Å². The zero-order valence-corrected chi connectivity index (χ0v) is 20.3. The monoisotopic (exact) mass is 472 g/mol. The summed E-state index contributed by atoms with van der Waals surface area (Å²) in [7, 11) is 0. The molecule has 0 spiro atoms. The average molecular weight is 473 g/mol. The molecule has 34 heavy (non-hydrogen) atoms. The third-order valence-electron chi connectivity index (χ3n) is 8.02. The van der Waals surface area contributed by atoms with Crippen molar-refractivity contribution >= 4 is 5.97 Å². The molecule has 4 fully saturated rings. The molecule has 3 aliphatic heterocycles. The molecular weight excluding hydrogens is 432 g/mol. The predicted molar refractivity (Wildman–Crippen MR) is 127 cm³/mol.